The Morgan fingerprint density at radius 2 is 1.85 bits per heavy atom. The van der Waals surface area contributed by atoms with Gasteiger partial charge in [-0.1, -0.05) is 33.1 Å². The Morgan fingerprint density at radius 1 is 1.15 bits per heavy atom. The predicted octanol–water partition coefficient (Wildman–Crippen LogP) is 2.60. The van der Waals surface area contributed by atoms with Gasteiger partial charge in [-0.05, 0) is 13.3 Å². The van der Waals surface area contributed by atoms with Gasteiger partial charge in [0, 0.05) is 12.5 Å². The van der Waals surface area contributed by atoms with Crippen molar-refractivity contribution < 1.29 is 9.84 Å². The van der Waals surface area contributed by atoms with E-state index in [1.54, 1.807) is 0 Å². The number of aliphatic hydroxyl groups excluding tert-OH is 1. The van der Waals surface area contributed by atoms with Gasteiger partial charge in [0.2, 0.25) is 0 Å². The van der Waals surface area contributed by atoms with Crippen molar-refractivity contribution in [3.05, 3.63) is 0 Å². The molecule has 0 aliphatic heterocycles. The van der Waals surface area contributed by atoms with Gasteiger partial charge in [-0.15, -0.1) is 0 Å². The molecule has 0 aromatic heterocycles. The van der Waals surface area contributed by atoms with Crippen LogP contribution in [-0.4, -0.2) is 24.4 Å². The molecule has 0 fully saturated rings. The molecule has 0 amide bonds. The maximum absolute atomic E-state index is 9.18. The van der Waals surface area contributed by atoms with Crippen molar-refractivity contribution in [2.75, 3.05) is 13.2 Å². The van der Waals surface area contributed by atoms with Crippen LogP contribution >= 0.6 is 0 Å². The third kappa shape index (κ3) is 8.26. The smallest absolute Gasteiger partial charge is 0.0559 e. The number of hydrogen-bond donors (Lipinski definition) is 1. The lowest BCUT2D eigenvalue weighted by atomic mass is 10.1. The van der Waals surface area contributed by atoms with E-state index in [-0.39, 0.29) is 12.0 Å². The van der Waals surface area contributed by atoms with Gasteiger partial charge in [-0.25, -0.2) is 0 Å². The van der Waals surface area contributed by atoms with E-state index in [0.717, 1.165) is 13.0 Å². The number of unbranched alkanes of at least 4 members (excludes halogenated alkanes) is 3. The topological polar surface area (TPSA) is 29.5 Å². The van der Waals surface area contributed by atoms with Crippen molar-refractivity contribution in [3.63, 3.8) is 0 Å². The fraction of sp³-hybridized carbons (Fsp3) is 1.00. The summed E-state index contributed by atoms with van der Waals surface area (Å²) in [6.07, 6.45) is 4.73. The Bertz CT molecular complexity index is 102. The molecule has 0 spiro atoms. The molecule has 80 valence electrons. The highest BCUT2D eigenvalue weighted by Crippen LogP contribution is 2.04. The highest BCUT2D eigenvalue weighted by molar-refractivity contribution is 4.56. The SMILES string of the molecule is CCCCCCOCC(C)C(C)O. The third-order valence-corrected chi connectivity index (χ3v) is 2.35. The lowest BCUT2D eigenvalue weighted by Gasteiger charge is -2.14. The van der Waals surface area contributed by atoms with Crippen LogP contribution in [0.5, 0.6) is 0 Å². The standard InChI is InChI=1S/C11H24O2/c1-4-5-6-7-8-13-9-10(2)11(3)12/h10-12H,4-9H2,1-3H3. The maximum atomic E-state index is 9.18. The van der Waals surface area contributed by atoms with Crippen molar-refractivity contribution >= 4 is 0 Å². The van der Waals surface area contributed by atoms with Gasteiger partial charge < -0.3 is 9.84 Å². The summed E-state index contributed by atoms with van der Waals surface area (Å²) in [5.74, 6) is 0.256. The summed E-state index contributed by atoms with van der Waals surface area (Å²) in [6, 6.07) is 0. The fourth-order valence-electron chi connectivity index (χ4n) is 1.04. The van der Waals surface area contributed by atoms with E-state index in [1.165, 1.54) is 19.3 Å². The van der Waals surface area contributed by atoms with E-state index in [0.29, 0.717) is 6.61 Å². The van der Waals surface area contributed by atoms with Crippen LogP contribution in [0.15, 0.2) is 0 Å². The zero-order valence-corrected chi connectivity index (χ0v) is 9.25. The molecule has 2 heteroatoms. The average molecular weight is 188 g/mol. The van der Waals surface area contributed by atoms with E-state index in [9.17, 15) is 5.11 Å². The normalized spacial score (nSPS) is 15.7. The van der Waals surface area contributed by atoms with E-state index in [2.05, 4.69) is 6.92 Å². The van der Waals surface area contributed by atoms with Crippen molar-refractivity contribution in [1.29, 1.82) is 0 Å². The Morgan fingerprint density at radius 3 is 2.38 bits per heavy atom. The Kier molecular flexibility index (Phi) is 8.46. The van der Waals surface area contributed by atoms with Crippen LogP contribution in [0.4, 0.5) is 0 Å². The quantitative estimate of drug-likeness (QED) is 0.593. The number of ether oxygens (including phenoxy) is 1. The second kappa shape index (κ2) is 8.52. The first-order chi connectivity index (χ1) is 6.18. The molecule has 0 saturated heterocycles. The summed E-state index contributed by atoms with van der Waals surface area (Å²) >= 11 is 0. The van der Waals surface area contributed by atoms with Crippen LogP contribution in [0.1, 0.15) is 46.5 Å². The molecule has 13 heavy (non-hydrogen) atoms. The Hall–Kier alpha value is -0.0800. The van der Waals surface area contributed by atoms with Crippen LogP contribution in [-0.2, 0) is 4.74 Å². The fourth-order valence-corrected chi connectivity index (χ4v) is 1.04. The molecule has 0 rings (SSSR count). The molecule has 0 bridgehead atoms. The predicted molar refractivity (Wildman–Crippen MR) is 55.8 cm³/mol. The van der Waals surface area contributed by atoms with Crippen molar-refractivity contribution in [1.82, 2.24) is 0 Å². The summed E-state index contributed by atoms with van der Waals surface area (Å²) in [4.78, 5) is 0. The first-order valence-corrected chi connectivity index (χ1v) is 5.44. The van der Waals surface area contributed by atoms with Gasteiger partial charge in [0.15, 0.2) is 0 Å². The molecular formula is C11H24O2. The summed E-state index contributed by atoms with van der Waals surface area (Å²) in [6.45, 7) is 7.55. The van der Waals surface area contributed by atoms with Crippen LogP contribution in [0.3, 0.4) is 0 Å². The molecular weight excluding hydrogens is 164 g/mol. The van der Waals surface area contributed by atoms with Crippen LogP contribution < -0.4 is 0 Å². The zero-order chi connectivity index (χ0) is 10.1. The monoisotopic (exact) mass is 188 g/mol. The Labute approximate surface area is 82.3 Å². The maximum Gasteiger partial charge on any atom is 0.0559 e. The van der Waals surface area contributed by atoms with Crippen molar-refractivity contribution in [3.8, 4) is 0 Å². The van der Waals surface area contributed by atoms with Gasteiger partial charge in [-0.2, -0.15) is 0 Å². The highest BCUT2D eigenvalue weighted by Gasteiger charge is 2.07. The summed E-state index contributed by atoms with van der Waals surface area (Å²) in [7, 11) is 0. The highest BCUT2D eigenvalue weighted by atomic mass is 16.5. The molecule has 0 aromatic carbocycles. The van der Waals surface area contributed by atoms with E-state index >= 15 is 0 Å². The van der Waals surface area contributed by atoms with Crippen LogP contribution in [0, 0.1) is 5.92 Å². The molecule has 1 N–H and O–H groups in total. The molecule has 0 heterocycles. The first-order valence-electron chi connectivity index (χ1n) is 5.44. The molecule has 2 unspecified atom stereocenters. The number of aliphatic hydroxyl groups is 1. The van der Waals surface area contributed by atoms with Crippen LogP contribution in [0.2, 0.25) is 0 Å². The minimum atomic E-state index is -0.254. The van der Waals surface area contributed by atoms with Gasteiger partial charge in [0.05, 0.1) is 12.7 Å². The van der Waals surface area contributed by atoms with Crippen molar-refractivity contribution in [2.24, 2.45) is 5.92 Å². The van der Waals surface area contributed by atoms with E-state index in [4.69, 9.17) is 4.74 Å². The van der Waals surface area contributed by atoms with Crippen LogP contribution in [0.25, 0.3) is 0 Å². The number of hydrogen-bond acceptors (Lipinski definition) is 2. The summed E-state index contributed by atoms with van der Waals surface area (Å²) in [5.41, 5.74) is 0. The van der Waals surface area contributed by atoms with Gasteiger partial charge >= 0.3 is 0 Å². The summed E-state index contributed by atoms with van der Waals surface area (Å²) in [5, 5.41) is 9.18. The van der Waals surface area contributed by atoms with E-state index in [1.807, 2.05) is 13.8 Å². The van der Waals surface area contributed by atoms with Crippen molar-refractivity contribution in [2.45, 2.75) is 52.6 Å². The molecule has 0 radical (unpaired) electrons. The molecule has 0 aliphatic rings. The number of rotatable bonds is 8. The third-order valence-electron chi connectivity index (χ3n) is 2.35. The first kappa shape index (κ1) is 12.9. The lowest BCUT2D eigenvalue weighted by molar-refractivity contribution is 0.0428. The van der Waals surface area contributed by atoms with Gasteiger partial charge in [-0.3, -0.25) is 0 Å². The minimum Gasteiger partial charge on any atom is -0.393 e. The molecule has 0 aliphatic carbocycles. The second-order valence-electron chi connectivity index (χ2n) is 3.85. The minimum absolute atomic E-state index is 0.254. The molecule has 0 saturated carbocycles. The lowest BCUT2D eigenvalue weighted by Crippen LogP contribution is -2.19. The molecule has 0 aromatic rings. The molecule has 2 atom stereocenters. The second-order valence-corrected chi connectivity index (χ2v) is 3.85. The average Bonchev–Trinajstić information content (AvgIpc) is 2.10. The molecule has 2 nitrogen and oxygen atoms in total. The van der Waals surface area contributed by atoms with Gasteiger partial charge in [0.1, 0.15) is 0 Å². The largest absolute Gasteiger partial charge is 0.393 e. The Balaban J connectivity index is 3.07. The zero-order valence-electron chi connectivity index (χ0n) is 9.25. The van der Waals surface area contributed by atoms with Gasteiger partial charge in [0.25, 0.3) is 0 Å². The van der Waals surface area contributed by atoms with E-state index < -0.39 is 0 Å². The summed E-state index contributed by atoms with van der Waals surface area (Å²) < 4.78 is 5.44.